The molecular weight excluding hydrogens is 346 g/mol. The van der Waals surface area contributed by atoms with Crippen molar-refractivity contribution in [2.75, 3.05) is 12.8 Å². The van der Waals surface area contributed by atoms with Crippen molar-refractivity contribution in [3.63, 3.8) is 0 Å². The highest BCUT2D eigenvalue weighted by Gasteiger charge is 2.25. The minimum atomic E-state index is 0.223. The summed E-state index contributed by atoms with van der Waals surface area (Å²) in [5.74, 6) is 1.00. The van der Waals surface area contributed by atoms with Crippen LogP contribution in [0, 0.1) is 0 Å². The van der Waals surface area contributed by atoms with E-state index in [0.717, 1.165) is 27.7 Å². The van der Waals surface area contributed by atoms with E-state index < -0.39 is 0 Å². The van der Waals surface area contributed by atoms with Crippen molar-refractivity contribution in [1.82, 2.24) is 5.32 Å². The van der Waals surface area contributed by atoms with Crippen LogP contribution < -0.4 is 5.32 Å². The first-order valence-electron chi connectivity index (χ1n) is 7.51. The molecule has 1 heterocycles. The van der Waals surface area contributed by atoms with Crippen LogP contribution in [0.2, 0.25) is 0 Å². The number of rotatable bonds is 7. The summed E-state index contributed by atoms with van der Waals surface area (Å²) in [5.41, 5.74) is 0.948. The van der Waals surface area contributed by atoms with Crippen LogP contribution in [0.4, 0.5) is 0 Å². The third-order valence-corrected chi connectivity index (χ3v) is 6.46. The van der Waals surface area contributed by atoms with E-state index in [4.69, 9.17) is 4.42 Å². The summed E-state index contributed by atoms with van der Waals surface area (Å²) in [6.45, 7) is 7.71. The van der Waals surface area contributed by atoms with Gasteiger partial charge in [-0.1, -0.05) is 29.8 Å². The van der Waals surface area contributed by atoms with Crippen LogP contribution in [0.3, 0.4) is 0 Å². The van der Waals surface area contributed by atoms with Crippen molar-refractivity contribution >= 4 is 38.7 Å². The molecule has 0 fully saturated rings. The van der Waals surface area contributed by atoms with Gasteiger partial charge in [0, 0.05) is 21.2 Å². The van der Waals surface area contributed by atoms with Gasteiger partial charge in [0.1, 0.15) is 11.3 Å². The zero-order valence-electron chi connectivity index (χ0n) is 13.2. The van der Waals surface area contributed by atoms with Crippen molar-refractivity contribution in [3.8, 4) is 0 Å². The van der Waals surface area contributed by atoms with E-state index in [2.05, 4.69) is 60.4 Å². The molecule has 0 spiro atoms. The summed E-state index contributed by atoms with van der Waals surface area (Å²) in [5, 5.41) is 4.79. The van der Waals surface area contributed by atoms with Crippen LogP contribution in [-0.2, 0) is 0 Å². The largest absolute Gasteiger partial charge is 0.459 e. The summed E-state index contributed by atoms with van der Waals surface area (Å²) >= 11 is 5.47. The maximum atomic E-state index is 5.96. The van der Waals surface area contributed by atoms with Gasteiger partial charge in [0.15, 0.2) is 0 Å². The standard InChI is InChI=1S/C17H24BrNOS/c1-5-17(6-2,21-4)11-19-12(3)16-10-13-9-14(18)7-8-15(13)20-16/h7-10,12,19H,5-6,11H2,1-4H3. The lowest BCUT2D eigenvalue weighted by Crippen LogP contribution is -2.37. The Kier molecular flexibility index (Phi) is 5.81. The van der Waals surface area contributed by atoms with Crippen LogP contribution in [-0.4, -0.2) is 17.5 Å². The number of fused-ring (bicyclic) bond motifs is 1. The van der Waals surface area contributed by atoms with Gasteiger partial charge >= 0.3 is 0 Å². The van der Waals surface area contributed by atoms with Gasteiger partial charge in [0.2, 0.25) is 0 Å². The van der Waals surface area contributed by atoms with E-state index in [1.165, 1.54) is 12.8 Å². The topological polar surface area (TPSA) is 25.2 Å². The molecule has 21 heavy (non-hydrogen) atoms. The highest BCUT2D eigenvalue weighted by molar-refractivity contribution is 9.10. The average molecular weight is 370 g/mol. The van der Waals surface area contributed by atoms with Gasteiger partial charge in [-0.2, -0.15) is 11.8 Å². The molecule has 1 aromatic heterocycles. The van der Waals surface area contributed by atoms with Crippen molar-refractivity contribution in [3.05, 3.63) is 34.5 Å². The number of furan rings is 1. The van der Waals surface area contributed by atoms with E-state index in [-0.39, 0.29) is 6.04 Å². The molecule has 0 aliphatic heterocycles. The van der Waals surface area contributed by atoms with Gasteiger partial charge in [0.25, 0.3) is 0 Å². The van der Waals surface area contributed by atoms with E-state index in [9.17, 15) is 0 Å². The second kappa shape index (κ2) is 7.21. The first-order chi connectivity index (χ1) is 10.0. The number of benzene rings is 1. The number of hydrogen-bond donors (Lipinski definition) is 1. The van der Waals surface area contributed by atoms with Crippen molar-refractivity contribution in [1.29, 1.82) is 0 Å². The summed E-state index contributed by atoms with van der Waals surface area (Å²) in [4.78, 5) is 0. The van der Waals surface area contributed by atoms with Crippen LogP contribution in [0.15, 0.2) is 33.2 Å². The molecule has 0 saturated carbocycles. The van der Waals surface area contributed by atoms with Gasteiger partial charge in [0.05, 0.1) is 6.04 Å². The first kappa shape index (κ1) is 16.9. The molecule has 0 bridgehead atoms. The summed E-state index contributed by atoms with van der Waals surface area (Å²) in [7, 11) is 0. The number of thioether (sulfide) groups is 1. The van der Waals surface area contributed by atoms with E-state index in [1.807, 2.05) is 23.9 Å². The molecule has 0 aliphatic carbocycles. The first-order valence-corrected chi connectivity index (χ1v) is 9.53. The fourth-order valence-corrected chi connectivity index (χ4v) is 3.73. The van der Waals surface area contributed by atoms with Crippen LogP contribution in [0.25, 0.3) is 11.0 Å². The Bertz CT molecular complexity index is 583. The zero-order chi connectivity index (χ0) is 15.5. The van der Waals surface area contributed by atoms with Gasteiger partial charge < -0.3 is 9.73 Å². The Morgan fingerprint density at radius 3 is 2.62 bits per heavy atom. The normalized spacial score (nSPS) is 13.8. The molecule has 0 saturated heterocycles. The molecular formula is C17H24BrNOS. The maximum Gasteiger partial charge on any atom is 0.134 e. The quantitative estimate of drug-likeness (QED) is 0.670. The third kappa shape index (κ3) is 3.85. The van der Waals surface area contributed by atoms with Crippen molar-refractivity contribution in [2.45, 2.75) is 44.4 Å². The Hall–Kier alpha value is -0.450. The number of hydrogen-bond acceptors (Lipinski definition) is 3. The van der Waals surface area contributed by atoms with Crippen molar-refractivity contribution in [2.24, 2.45) is 0 Å². The minimum absolute atomic E-state index is 0.223. The SMILES string of the molecule is CCC(CC)(CNC(C)c1cc2cc(Br)ccc2o1)SC. The van der Waals surface area contributed by atoms with Crippen LogP contribution in [0.1, 0.15) is 45.4 Å². The molecule has 4 heteroatoms. The number of halogens is 1. The molecule has 0 radical (unpaired) electrons. The third-order valence-electron chi connectivity index (χ3n) is 4.38. The molecule has 2 aromatic rings. The molecule has 2 rings (SSSR count). The monoisotopic (exact) mass is 369 g/mol. The lowest BCUT2D eigenvalue weighted by molar-refractivity contribution is 0.412. The highest BCUT2D eigenvalue weighted by Crippen LogP contribution is 2.31. The molecule has 1 atom stereocenters. The maximum absolute atomic E-state index is 5.96. The average Bonchev–Trinajstić information content (AvgIpc) is 2.92. The highest BCUT2D eigenvalue weighted by atomic mass is 79.9. The molecule has 116 valence electrons. The molecule has 0 aliphatic rings. The Morgan fingerprint density at radius 2 is 2.00 bits per heavy atom. The van der Waals surface area contributed by atoms with Gasteiger partial charge in [-0.05, 0) is 50.3 Å². The van der Waals surface area contributed by atoms with Crippen LogP contribution >= 0.6 is 27.7 Å². The fourth-order valence-electron chi connectivity index (χ4n) is 2.55. The Labute approximate surface area is 140 Å². The number of nitrogens with one attached hydrogen (secondary N) is 1. The molecule has 1 aromatic carbocycles. The smallest absolute Gasteiger partial charge is 0.134 e. The lowest BCUT2D eigenvalue weighted by Gasteiger charge is -2.31. The summed E-state index contributed by atoms with van der Waals surface area (Å²) in [6.07, 6.45) is 4.56. The predicted octanol–water partition coefficient (Wildman–Crippen LogP) is 5.77. The second-order valence-electron chi connectivity index (χ2n) is 5.53. The van der Waals surface area contributed by atoms with Gasteiger partial charge in [-0.15, -0.1) is 0 Å². The molecule has 2 nitrogen and oxygen atoms in total. The summed E-state index contributed by atoms with van der Waals surface area (Å²) in [6, 6.07) is 8.48. The van der Waals surface area contributed by atoms with E-state index in [1.54, 1.807) is 0 Å². The Balaban J connectivity index is 2.09. The predicted molar refractivity (Wildman–Crippen MR) is 97.2 cm³/mol. The van der Waals surface area contributed by atoms with Gasteiger partial charge in [-0.3, -0.25) is 0 Å². The molecule has 0 amide bonds. The van der Waals surface area contributed by atoms with E-state index in [0.29, 0.717) is 4.75 Å². The Morgan fingerprint density at radius 1 is 1.29 bits per heavy atom. The van der Waals surface area contributed by atoms with Gasteiger partial charge in [-0.25, -0.2) is 0 Å². The van der Waals surface area contributed by atoms with E-state index >= 15 is 0 Å². The molecule has 1 unspecified atom stereocenters. The van der Waals surface area contributed by atoms with Crippen LogP contribution in [0.5, 0.6) is 0 Å². The second-order valence-corrected chi connectivity index (χ2v) is 7.72. The molecule has 1 N–H and O–H groups in total. The van der Waals surface area contributed by atoms with Crippen molar-refractivity contribution < 1.29 is 4.42 Å². The fraction of sp³-hybridized carbons (Fsp3) is 0.529. The lowest BCUT2D eigenvalue weighted by atomic mass is 10.0. The zero-order valence-corrected chi connectivity index (χ0v) is 15.6. The summed E-state index contributed by atoms with van der Waals surface area (Å²) < 4.78 is 7.37. The minimum Gasteiger partial charge on any atom is -0.459 e.